The molecular weight excluding hydrogens is 203 g/mol. The fourth-order valence-electron chi connectivity index (χ4n) is 0.979. The van der Waals surface area contributed by atoms with Gasteiger partial charge in [-0.05, 0) is 18.2 Å². The van der Waals surface area contributed by atoms with Gasteiger partial charge in [-0.25, -0.2) is 4.39 Å². The van der Waals surface area contributed by atoms with Crippen LogP contribution in [0.4, 0.5) is 4.39 Å². The molecule has 2 nitrogen and oxygen atoms in total. The van der Waals surface area contributed by atoms with Gasteiger partial charge in [-0.1, -0.05) is 0 Å². The lowest BCUT2D eigenvalue weighted by Gasteiger charge is -2.01. The summed E-state index contributed by atoms with van der Waals surface area (Å²) in [5.74, 6) is 0.368. The van der Waals surface area contributed by atoms with Crippen LogP contribution in [0.2, 0.25) is 0 Å². The first kappa shape index (κ1) is 11.2. The van der Waals surface area contributed by atoms with Gasteiger partial charge in [0.1, 0.15) is 12.1 Å². The van der Waals surface area contributed by atoms with Crippen LogP contribution in [-0.4, -0.2) is 25.8 Å². The highest BCUT2D eigenvalue weighted by Crippen LogP contribution is 2.20. The predicted octanol–water partition coefficient (Wildman–Crippen LogP) is 2.38. The zero-order valence-electron chi connectivity index (χ0n) is 7.83. The molecule has 4 heteroatoms. The quantitative estimate of drug-likeness (QED) is 0.427. The van der Waals surface area contributed by atoms with E-state index >= 15 is 0 Å². The molecule has 0 saturated carbocycles. The average Bonchev–Trinajstić information content (AvgIpc) is 2.17. The Balaban J connectivity index is 2.66. The lowest BCUT2D eigenvalue weighted by atomic mass is 10.2. The first-order chi connectivity index (χ1) is 6.76. The van der Waals surface area contributed by atoms with Gasteiger partial charge in [0.2, 0.25) is 0 Å². The molecule has 0 unspecified atom stereocenters. The molecule has 0 saturated heterocycles. The molecule has 14 heavy (non-hydrogen) atoms. The Morgan fingerprint density at radius 2 is 2.29 bits per heavy atom. The Kier molecular flexibility index (Phi) is 4.62. The fraction of sp³-hybridized carbons (Fsp3) is 0.300. The molecule has 0 aliphatic carbocycles. The summed E-state index contributed by atoms with van der Waals surface area (Å²) < 4.78 is 17.8. The number of hydrogen-bond acceptors (Lipinski definition) is 3. The van der Waals surface area contributed by atoms with Gasteiger partial charge in [-0.2, -0.15) is 0 Å². The van der Waals surface area contributed by atoms with Crippen LogP contribution in [0.3, 0.4) is 0 Å². The molecule has 0 atom stereocenters. The van der Waals surface area contributed by atoms with Crippen LogP contribution in [-0.2, 0) is 4.74 Å². The number of halogens is 1. The van der Waals surface area contributed by atoms with Crippen molar-refractivity contribution >= 4 is 18.0 Å². The Hall–Kier alpha value is -0.870. The minimum Gasteiger partial charge on any atom is -0.384 e. The molecule has 0 N–H and O–H groups in total. The molecule has 0 radical (unpaired) electrons. The molecule has 1 rings (SSSR count). The van der Waals surface area contributed by atoms with Gasteiger partial charge in [0.05, 0.1) is 6.61 Å². The van der Waals surface area contributed by atoms with Gasteiger partial charge in [0.15, 0.2) is 0 Å². The molecule has 0 spiro atoms. The first-order valence-corrected chi connectivity index (χ1v) is 5.12. The number of carbonyl (C=O) groups is 1. The van der Waals surface area contributed by atoms with E-state index in [0.717, 1.165) is 10.6 Å². The Bertz CT molecular complexity index is 315. The van der Waals surface area contributed by atoms with Gasteiger partial charge >= 0.3 is 0 Å². The van der Waals surface area contributed by atoms with E-state index in [4.69, 9.17) is 4.74 Å². The van der Waals surface area contributed by atoms with Crippen molar-refractivity contribution in [1.29, 1.82) is 0 Å². The van der Waals surface area contributed by atoms with Crippen LogP contribution >= 0.6 is 11.8 Å². The third-order valence-electron chi connectivity index (χ3n) is 1.59. The van der Waals surface area contributed by atoms with Crippen molar-refractivity contribution < 1.29 is 13.9 Å². The summed E-state index contributed by atoms with van der Waals surface area (Å²) in [6.45, 7) is 0.609. The molecule has 0 bridgehead atoms. The molecule has 0 aliphatic rings. The molecule has 0 heterocycles. The smallest absolute Gasteiger partial charge is 0.150 e. The summed E-state index contributed by atoms with van der Waals surface area (Å²) in [6.07, 6.45) is 0.642. The van der Waals surface area contributed by atoms with E-state index in [1.165, 1.54) is 23.9 Å². The largest absolute Gasteiger partial charge is 0.384 e. The summed E-state index contributed by atoms with van der Waals surface area (Å²) in [4.78, 5) is 11.2. The van der Waals surface area contributed by atoms with E-state index in [9.17, 15) is 9.18 Å². The first-order valence-electron chi connectivity index (χ1n) is 4.14. The molecule has 1 aromatic rings. The topological polar surface area (TPSA) is 26.3 Å². The van der Waals surface area contributed by atoms with Gasteiger partial charge in [0.25, 0.3) is 0 Å². The van der Waals surface area contributed by atoms with Gasteiger partial charge in [-0.15, -0.1) is 11.8 Å². The monoisotopic (exact) mass is 214 g/mol. The van der Waals surface area contributed by atoms with Gasteiger partial charge < -0.3 is 4.74 Å². The maximum absolute atomic E-state index is 12.9. The van der Waals surface area contributed by atoms with E-state index in [1.807, 2.05) is 0 Å². The van der Waals surface area contributed by atoms with Crippen molar-refractivity contribution in [2.45, 2.75) is 4.90 Å². The van der Waals surface area contributed by atoms with Crippen LogP contribution in [0.5, 0.6) is 0 Å². The second-order valence-electron chi connectivity index (χ2n) is 2.68. The van der Waals surface area contributed by atoms with Crippen molar-refractivity contribution in [1.82, 2.24) is 0 Å². The van der Waals surface area contributed by atoms with Crippen molar-refractivity contribution in [2.75, 3.05) is 19.5 Å². The van der Waals surface area contributed by atoms with Gasteiger partial charge in [0, 0.05) is 23.3 Å². The lowest BCUT2D eigenvalue weighted by Crippen LogP contribution is -1.92. The standard InChI is InChI=1S/C10H11FO2S/c1-13-2-3-14-10-5-8(7-12)4-9(11)6-10/h4-7H,2-3H2,1H3. The number of carbonyl (C=O) groups excluding carboxylic acids is 1. The van der Waals surface area contributed by atoms with E-state index in [-0.39, 0.29) is 5.82 Å². The summed E-state index contributed by atoms with van der Waals surface area (Å²) in [5, 5.41) is 0. The molecular formula is C10H11FO2S. The molecule has 1 aromatic carbocycles. The Morgan fingerprint density at radius 3 is 2.93 bits per heavy atom. The SMILES string of the molecule is COCCSc1cc(F)cc(C=O)c1. The Labute approximate surface area is 86.5 Å². The highest BCUT2D eigenvalue weighted by Gasteiger charge is 2.00. The van der Waals surface area contributed by atoms with Crippen LogP contribution in [0.25, 0.3) is 0 Å². The maximum Gasteiger partial charge on any atom is 0.150 e. The highest BCUT2D eigenvalue weighted by molar-refractivity contribution is 7.99. The van der Waals surface area contributed by atoms with E-state index in [0.29, 0.717) is 18.5 Å². The summed E-state index contributed by atoms with van der Waals surface area (Å²) in [6, 6.07) is 4.29. The maximum atomic E-state index is 12.9. The number of methoxy groups -OCH3 is 1. The second-order valence-corrected chi connectivity index (χ2v) is 3.85. The summed E-state index contributed by atoms with van der Waals surface area (Å²) >= 11 is 1.46. The molecule has 0 aromatic heterocycles. The number of benzene rings is 1. The van der Waals surface area contributed by atoms with E-state index < -0.39 is 0 Å². The molecule has 0 amide bonds. The number of thioether (sulfide) groups is 1. The zero-order valence-corrected chi connectivity index (χ0v) is 8.64. The van der Waals surface area contributed by atoms with Crippen LogP contribution in [0.1, 0.15) is 10.4 Å². The Morgan fingerprint density at radius 1 is 1.50 bits per heavy atom. The zero-order chi connectivity index (χ0) is 10.4. The summed E-state index contributed by atoms with van der Waals surface area (Å²) in [5.41, 5.74) is 0.366. The predicted molar refractivity (Wildman–Crippen MR) is 54.4 cm³/mol. The highest BCUT2D eigenvalue weighted by atomic mass is 32.2. The molecule has 0 aliphatic heterocycles. The lowest BCUT2D eigenvalue weighted by molar-refractivity contribution is 0.112. The third-order valence-corrected chi connectivity index (χ3v) is 2.53. The van der Waals surface area contributed by atoms with Crippen LogP contribution < -0.4 is 0 Å². The number of ether oxygens (including phenoxy) is 1. The number of rotatable bonds is 5. The minimum atomic E-state index is -0.380. The van der Waals surface area contributed by atoms with Crippen molar-refractivity contribution in [2.24, 2.45) is 0 Å². The third kappa shape index (κ3) is 3.47. The molecule has 0 fully saturated rings. The normalized spacial score (nSPS) is 10.1. The summed E-state index contributed by atoms with van der Waals surface area (Å²) in [7, 11) is 1.61. The van der Waals surface area contributed by atoms with Crippen molar-refractivity contribution in [3.63, 3.8) is 0 Å². The number of aldehydes is 1. The molecule has 76 valence electrons. The van der Waals surface area contributed by atoms with Crippen molar-refractivity contribution in [3.8, 4) is 0 Å². The van der Waals surface area contributed by atoms with E-state index in [1.54, 1.807) is 13.2 Å². The average molecular weight is 214 g/mol. The van der Waals surface area contributed by atoms with Crippen LogP contribution in [0, 0.1) is 5.82 Å². The number of hydrogen-bond donors (Lipinski definition) is 0. The fourth-order valence-corrected chi connectivity index (χ4v) is 1.88. The second kappa shape index (κ2) is 5.78. The van der Waals surface area contributed by atoms with Crippen molar-refractivity contribution in [3.05, 3.63) is 29.6 Å². The van der Waals surface area contributed by atoms with E-state index in [2.05, 4.69) is 0 Å². The minimum absolute atomic E-state index is 0.366. The van der Waals surface area contributed by atoms with Gasteiger partial charge in [-0.3, -0.25) is 4.79 Å². The van der Waals surface area contributed by atoms with Crippen LogP contribution in [0.15, 0.2) is 23.1 Å².